The van der Waals surface area contributed by atoms with Crippen LogP contribution in [0.3, 0.4) is 0 Å². The summed E-state index contributed by atoms with van der Waals surface area (Å²) in [6.45, 7) is 0. The summed E-state index contributed by atoms with van der Waals surface area (Å²) in [6.07, 6.45) is 1.87. The van der Waals surface area contributed by atoms with Crippen molar-refractivity contribution in [1.29, 1.82) is 0 Å². The minimum absolute atomic E-state index is 0.709. The Kier molecular flexibility index (Phi) is 2.84. The van der Waals surface area contributed by atoms with E-state index in [1.165, 1.54) is 0 Å². The number of benzene rings is 1. The Bertz CT molecular complexity index is 424. The van der Waals surface area contributed by atoms with Crippen LogP contribution in [0, 0.1) is 0 Å². The van der Waals surface area contributed by atoms with Crippen molar-refractivity contribution < 1.29 is 0 Å². The molecule has 0 fully saturated rings. The van der Waals surface area contributed by atoms with Crippen LogP contribution in [-0.4, -0.2) is 15.0 Å². The van der Waals surface area contributed by atoms with Crippen LogP contribution < -0.4 is 0 Å². The van der Waals surface area contributed by atoms with Crippen LogP contribution >= 0.6 is 27.5 Å². The number of nitrogens with zero attached hydrogens (tertiary/aromatic N) is 3. The van der Waals surface area contributed by atoms with Gasteiger partial charge in [0.2, 0.25) is 0 Å². The van der Waals surface area contributed by atoms with E-state index in [2.05, 4.69) is 26.2 Å². The van der Waals surface area contributed by atoms with Gasteiger partial charge in [0.05, 0.1) is 17.6 Å². The largest absolute Gasteiger partial charge is 0.220 e. The first kappa shape index (κ1) is 9.68. The van der Waals surface area contributed by atoms with Crippen LogP contribution in [-0.2, 0) is 5.33 Å². The molecule has 0 aliphatic rings. The van der Waals surface area contributed by atoms with Gasteiger partial charge >= 0.3 is 0 Å². The zero-order valence-corrected chi connectivity index (χ0v) is 9.53. The van der Waals surface area contributed by atoms with Crippen LogP contribution in [0.1, 0.15) is 5.69 Å². The molecule has 0 saturated heterocycles. The highest BCUT2D eigenvalue weighted by Gasteiger charge is 2.00. The molecule has 0 saturated carbocycles. The van der Waals surface area contributed by atoms with E-state index in [0.29, 0.717) is 5.33 Å². The van der Waals surface area contributed by atoms with Crippen molar-refractivity contribution in [2.45, 2.75) is 5.33 Å². The number of hydrogen-bond acceptors (Lipinski definition) is 2. The van der Waals surface area contributed by atoms with Crippen molar-refractivity contribution in [3.63, 3.8) is 0 Å². The van der Waals surface area contributed by atoms with Crippen LogP contribution in [0.5, 0.6) is 0 Å². The number of halogens is 2. The second-order valence-corrected chi connectivity index (χ2v) is 3.76. The Balaban J connectivity index is 2.34. The zero-order chi connectivity index (χ0) is 9.97. The van der Waals surface area contributed by atoms with Crippen molar-refractivity contribution >= 4 is 27.5 Å². The first-order valence-electron chi connectivity index (χ1n) is 4.03. The highest BCUT2D eigenvalue weighted by atomic mass is 79.9. The molecule has 2 aromatic rings. The summed E-state index contributed by atoms with van der Waals surface area (Å²) in [7, 11) is 0. The summed E-state index contributed by atoms with van der Waals surface area (Å²) in [5.41, 5.74) is 1.86. The van der Waals surface area contributed by atoms with E-state index < -0.39 is 0 Å². The molecule has 0 bridgehead atoms. The number of aromatic nitrogens is 3. The first-order valence-corrected chi connectivity index (χ1v) is 5.52. The molecule has 14 heavy (non-hydrogen) atoms. The molecule has 0 aliphatic carbocycles. The Morgan fingerprint density at radius 2 is 2.00 bits per heavy atom. The summed E-state index contributed by atoms with van der Waals surface area (Å²) >= 11 is 9.10. The maximum Gasteiger partial charge on any atom is 0.0937 e. The average molecular weight is 273 g/mol. The maximum absolute atomic E-state index is 5.78. The average Bonchev–Trinajstić information content (AvgIpc) is 2.67. The predicted molar refractivity (Wildman–Crippen MR) is 59.0 cm³/mol. The fourth-order valence-electron chi connectivity index (χ4n) is 1.08. The van der Waals surface area contributed by atoms with Crippen molar-refractivity contribution in [1.82, 2.24) is 15.0 Å². The minimum atomic E-state index is 0.709. The molecule has 3 nitrogen and oxygen atoms in total. The van der Waals surface area contributed by atoms with E-state index in [9.17, 15) is 0 Å². The molecule has 0 amide bonds. The molecule has 2 rings (SSSR count). The third-order valence-electron chi connectivity index (χ3n) is 1.77. The van der Waals surface area contributed by atoms with Crippen molar-refractivity contribution in [2.75, 3.05) is 0 Å². The van der Waals surface area contributed by atoms with E-state index >= 15 is 0 Å². The molecule has 1 aromatic heterocycles. The zero-order valence-electron chi connectivity index (χ0n) is 7.19. The lowest BCUT2D eigenvalue weighted by molar-refractivity contribution is 0.800. The van der Waals surface area contributed by atoms with Gasteiger partial charge in [0, 0.05) is 10.4 Å². The Labute approximate surface area is 94.8 Å². The first-order chi connectivity index (χ1) is 6.79. The third-order valence-corrected chi connectivity index (χ3v) is 2.60. The molecule has 0 radical (unpaired) electrons. The SMILES string of the molecule is Clc1ccc(-n2cc(CBr)nn2)cc1. The molecule has 0 N–H and O–H groups in total. The maximum atomic E-state index is 5.78. The van der Waals surface area contributed by atoms with E-state index in [4.69, 9.17) is 11.6 Å². The van der Waals surface area contributed by atoms with Crippen LogP contribution in [0.2, 0.25) is 5.02 Å². The molecule has 0 atom stereocenters. The van der Waals surface area contributed by atoms with Crippen LogP contribution in [0.15, 0.2) is 30.5 Å². The van der Waals surface area contributed by atoms with Crippen molar-refractivity contribution in [3.05, 3.63) is 41.2 Å². The minimum Gasteiger partial charge on any atom is -0.220 e. The van der Waals surface area contributed by atoms with E-state index in [0.717, 1.165) is 16.4 Å². The van der Waals surface area contributed by atoms with Gasteiger partial charge < -0.3 is 0 Å². The Morgan fingerprint density at radius 1 is 1.29 bits per heavy atom. The normalized spacial score (nSPS) is 10.4. The summed E-state index contributed by atoms with van der Waals surface area (Å²) in [5.74, 6) is 0. The smallest absolute Gasteiger partial charge is 0.0937 e. The van der Waals surface area contributed by atoms with Gasteiger partial charge in [-0.15, -0.1) is 5.10 Å². The summed E-state index contributed by atoms with van der Waals surface area (Å²) in [6, 6.07) is 7.45. The van der Waals surface area contributed by atoms with Gasteiger partial charge in [0.15, 0.2) is 0 Å². The van der Waals surface area contributed by atoms with Gasteiger partial charge in [-0.1, -0.05) is 32.7 Å². The molecular formula is C9H7BrClN3. The highest BCUT2D eigenvalue weighted by molar-refractivity contribution is 9.08. The number of alkyl halides is 1. The number of hydrogen-bond donors (Lipinski definition) is 0. The van der Waals surface area contributed by atoms with E-state index in [1.807, 2.05) is 30.5 Å². The number of rotatable bonds is 2. The van der Waals surface area contributed by atoms with Gasteiger partial charge in [0.1, 0.15) is 0 Å². The quantitative estimate of drug-likeness (QED) is 0.787. The van der Waals surface area contributed by atoms with Crippen molar-refractivity contribution in [2.24, 2.45) is 0 Å². The fourth-order valence-corrected chi connectivity index (χ4v) is 1.46. The predicted octanol–water partition coefficient (Wildman–Crippen LogP) is 2.82. The second kappa shape index (κ2) is 4.11. The molecule has 0 spiro atoms. The van der Waals surface area contributed by atoms with Crippen molar-refractivity contribution in [3.8, 4) is 5.69 Å². The molecule has 0 unspecified atom stereocenters. The second-order valence-electron chi connectivity index (χ2n) is 2.76. The summed E-state index contributed by atoms with van der Waals surface area (Å²) in [5, 5.41) is 9.37. The van der Waals surface area contributed by atoms with E-state index in [1.54, 1.807) is 4.68 Å². The highest BCUT2D eigenvalue weighted by Crippen LogP contribution is 2.13. The molecular weight excluding hydrogens is 265 g/mol. The summed E-state index contributed by atoms with van der Waals surface area (Å²) < 4.78 is 1.72. The Morgan fingerprint density at radius 3 is 2.57 bits per heavy atom. The summed E-state index contributed by atoms with van der Waals surface area (Å²) in [4.78, 5) is 0. The molecule has 72 valence electrons. The lowest BCUT2D eigenvalue weighted by Crippen LogP contribution is -1.93. The monoisotopic (exact) mass is 271 g/mol. The fraction of sp³-hybridized carbons (Fsp3) is 0.111. The van der Waals surface area contributed by atoms with E-state index in [-0.39, 0.29) is 0 Å². The topological polar surface area (TPSA) is 30.7 Å². The molecule has 1 aromatic carbocycles. The van der Waals surface area contributed by atoms with Crippen LogP contribution in [0.25, 0.3) is 5.69 Å². The van der Waals surface area contributed by atoms with Gasteiger partial charge in [-0.3, -0.25) is 0 Å². The van der Waals surface area contributed by atoms with Gasteiger partial charge in [-0.05, 0) is 24.3 Å². The third kappa shape index (κ3) is 1.96. The standard InChI is InChI=1S/C9H7BrClN3/c10-5-8-6-14(13-12-8)9-3-1-7(11)2-4-9/h1-4,6H,5H2. The molecule has 5 heteroatoms. The van der Waals surface area contributed by atoms with Gasteiger partial charge in [-0.25, -0.2) is 4.68 Å². The van der Waals surface area contributed by atoms with Gasteiger partial charge in [0.25, 0.3) is 0 Å². The molecule has 0 aliphatic heterocycles. The Hall–Kier alpha value is -0.870. The lowest BCUT2D eigenvalue weighted by Gasteiger charge is -1.98. The molecule has 1 heterocycles. The van der Waals surface area contributed by atoms with Crippen LogP contribution in [0.4, 0.5) is 0 Å². The van der Waals surface area contributed by atoms with Gasteiger partial charge in [-0.2, -0.15) is 0 Å². The lowest BCUT2D eigenvalue weighted by atomic mass is 10.3.